The molecule has 13 heavy (non-hydrogen) atoms. The molecule has 1 N–H and O–H groups in total. The van der Waals surface area contributed by atoms with E-state index in [1.807, 2.05) is 6.92 Å². The molecule has 2 heteroatoms. The highest BCUT2D eigenvalue weighted by molar-refractivity contribution is 4.91. The number of rotatable bonds is 4. The van der Waals surface area contributed by atoms with Crippen molar-refractivity contribution in [3.05, 3.63) is 0 Å². The van der Waals surface area contributed by atoms with Crippen molar-refractivity contribution in [1.29, 1.82) is 0 Å². The Kier molecular flexibility index (Phi) is 2.89. The Balaban J connectivity index is 1.66. The van der Waals surface area contributed by atoms with Gasteiger partial charge in [-0.05, 0) is 51.5 Å². The minimum Gasteiger partial charge on any atom is -0.393 e. The zero-order valence-electron chi connectivity index (χ0n) is 8.58. The molecule has 0 aromatic rings. The predicted molar refractivity (Wildman–Crippen MR) is 53.6 cm³/mol. The van der Waals surface area contributed by atoms with Crippen molar-refractivity contribution < 1.29 is 5.11 Å². The lowest BCUT2D eigenvalue weighted by molar-refractivity contribution is 0.160. The topological polar surface area (TPSA) is 23.5 Å². The lowest BCUT2D eigenvalue weighted by Gasteiger charge is -2.26. The van der Waals surface area contributed by atoms with Crippen molar-refractivity contribution in [2.75, 3.05) is 13.1 Å². The fourth-order valence-electron chi connectivity index (χ4n) is 2.89. The first-order valence-corrected chi connectivity index (χ1v) is 5.68. The van der Waals surface area contributed by atoms with Gasteiger partial charge in [-0.1, -0.05) is 0 Å². The van der Waals surface area contributed by atoms with E-state index in [9.17, 15) is 0 Å². The van der Waals surface area contributed by atoms with Gasteiger partial charge in [-0.25, -0.2) is 0 Å². The predicted octanol–water partition coefficient (Wildman–Crippen LogP) is 1.63. The van der Waals surface area contributed by atoms with Gasteiger partial charge in [-0.2, -0.15) is 0 Å². The SMILES string of the molecule is CC(O)CCCN1CC2CCC1C2. The molecule has 3 atom stereocenters. The third kappa shape index (κ3) is 2.23. The number of hydrogen-bond acceptors (Lipinski definition) is 2. The van der Waals surface area contributed by atoms with Gasteiger partial charge < -0.3 is 10.0 Å². The normalized spacial score (nSPS) is 35.5. The van der Waals surface area contributed by atoms with E-state index in [0.29, 0.717) is 0 Å². The second-order valence-corrected chi connectivity index (χ2v) is 4.82. The summed E-state index contributed by atoms with van der Waals surface area (Å²) in [6, 6.07) is 0.902. The second kappa shape index (κ2) is 3.97. The van der Waals surface area contributed by atoms with Gasteiger partial charge in [0.2, 0.25) is 0 Å². The summed E-state index contributed by atoms with van der Waals surface area (Å²) in [4.78, 5) is 2.64. The quantitative estimate of drug-likeness (QED) is 0.716. The van der Waals surface area contributed by atoms with E-state index in [1.165, 1.54) is 38.8 Å². The summed E-state index contributed by atoms with van der Waals surface area (Å²) in [6.45, 7) is 4.44. The first kappa shape index (κ1) is 9.47. The molecule has 2 fully saturated rings. The van der Waals surface area contributed by atoms with Gasteiger partial charge in [0.05, 0.1) is 6.10 Å². The maximum absolute atomic E-state index is 9.14. The number of fused-ring (bicyclic) bond motifs is 2. The minimum atomic E-state index is -0.111. The zero-order valence-corrected chi connectivity index (χ0v) is 8.58. The fraction of sp³-hybridized carbons (Fsp3) is 1.00. The van der Waals surface area contributed by atoms with E-state index in [1.54, 1.807) is 0 Å². The van der Waals surface area contributed by atoms with Crippen LogP contribution in [0.4, 0.5) is 0 Å². The Morgan fingerprint density at radius 3 is 2.85 bits per heavy atom. The average molecular weight is 183 g/mol. The number of hydrogen-bond donors (Lipinski definition) is 1. The van der Waals surface area contributed by atoms with Crippen molar-refractivity contribution in [3.8, 4) is 0 Å². The van der Waals surface area contributed by atoms with Crippen molar-refractivity contribution in [2.45, 2.75) is 51.2 Å². The van der Waals surface area contributed by atoms with E-state index in [2.05, 4.69) is 4.90 Å². The standard InChI is InChI=1S/C11H21NO/c1-9(13)3-2-6-12-8-10-4-5-11(12)7-10/h9-11,13H,2-8H2,1H3. The highest BCUT2D eigenvalue weighted by Crippen LogP contribution is 2.37. The average Bonchev–Trinajstić information content (AvgIpc) is 2.64. The lowest BCUT2D eigenvalue weighted by Crippen LogP contribution is -2.33. The summed E-state index contributed by atoms with van der Waals surface area (Å²) in [5.74, 6) is 1.01. The molecule has 0 radical (unpaired) electrons. The third-order valence-electron chi connectivity index (χ3n) is 3.59. The molecule has 3 unspecified atom stereocenters. The van der Waals surface area contributed by atoms with Gasteiger partial charge in [0.25, 0.3) is 0 Å². The van der Waals surface area contributed by atoms with Crippen molar-refractivity contribution in [1.82, 2.24) is 4.90 Å². The number of likely N-dealkylation sites (tertiary alicyclic amines) is 1. The lowest BCUT2D eigenvalue weighted by atomic mass is 10.1. The Hall–Kier alpha value is -0.0800. The van der Waals surface area contributed by atoms with E-state index in [-0.39, 0.29) is 6.10 Å². The van der Waals surface area contributed by atoms with Gasteiger partial charge in [-0.3, -0.25) is 0 Å². The first-order valence-electron chi connectivity index (χ1n) is 5.68. The molecule has 1 aliphatic carbocycles. The zero-order chi connectivity index (χ0) is 9.26. The van der Waals surface area contributed by atoms with Crippen LogP contribution < -0.4 is 0 Å². The van der Waals surface area contributed by atoms with Gasteiger partial charge in [0.15, 0.2) is 0 Å². The van der Waals surface area contributed by atoms with Gasteiger partial charge in [-0.15, -0.1) is 0 Å². The van der Waals surface area contributed by atoms with Crippen molar-refractivity contribution in [3.63, 3.8) is 0 Å². The number of nitrogens with zero attached hydrogens (tertiary/aromatic N) is 1. The van der Waals surface area contributed by atoms with Gasteiger partial charge in [0, 0.05) is 12.6 Å². The van der Waals surface area contributed by atoms with Crippen LogP contribution in [-0.4, -0.2) is 35.2 Å². The number of aliphatic hydroxyl groups is 1. The highest BCUT2D eigenvalue weighted by atomic mass is 16.3. The smallest absolute Gasteiger partial charge is 0.0512 e. The van der Waals surface area contributed by atoms with Crippen LogP contribution in [0.25, 0.3) is 0 Å². The van der Waals surface area contributed by atoms with E-state index < -0.39 is 0 Å². The maximum Gasteiger partial charge on any atom is 0.0512 e. The Bertz CT molecular complexity index is 169. The number of aliphatic hydroxyl groups excluding tert-OH is 1. The second-order valence-electron chi connectivity index (χ2n) is 4.82. The molecule has 2 aliphatic rings. The van der Waals surface area contributed by atoms with Crippen molar-refractivity contribution in [2.24, 2.45) is 5.92 Å². The summed E-state index contributed by atoms with van der Waals surface area (Å²) < 4.78 is 0. The van der Waals surface area contributed by atoms with E-state index in [4.69, 9.17) is 5.11 Å². The van der Waals surface area contributed by atoms with E-state index in [0.717, 1.165) is 18.4 Å². The van der Waals surface area contributed by atoms with Crippen LogP contribution in [0, 0.1) is 5.92 Å². The van der Waals surface area contributed by atoms with E-state index >= 15 is 0 Å². The largest absolute Gasteiger partial charge is 0.393 e. The monoisotopic (exact) mass is 183 g/mol. The highest BCUT2D eigenvalue weighted by Gasteiger charge is 2.36. The molecule has 76 valence electrons. The van der Waals surface area contributed by atoms with Crippen LogP contribution in [0.1, 0.15) is 39.0 Å². The summed E-state index contributed by atoms with van der Waals surface area (Å²) >= 11 is 0. The van der Waals surface area contributed by atoms with Gasteiger partial charge in [0.1, 0.15) is 0 Å². The minimum absolute atomic E-state index is 0.111. The van der Waals surface area contributed by atoms with Crippen LogP contribution in [-0.2, 0) is 0 Å². The van der Waals surface area contributed by atoms with Crippen LogP contribution in [0.15, 0.2) is 0 Å². The van der Waals surface area contributed by atoms with Crippen LogP contribution >= 0.6 is 0 Å². The van der Waals surface area contributed by atoms with Crippen molar-refractivity contribution >= 4 is 0 Å². The molecule has 1 heterocycles. The molecule has 0 amide bonds. The van der Waals surface area contributed by atoms with Crippen LogP contribution in [0.2, 0.25) is 0 Å². The molecular formula is C11H21NO. The first-order chi connectivity index (χ1) is 6.25. The summed E-state index contributed by atoms with van der Waals surface area (Å²) in [6.07, 6.45) is 6.38. The molecule has 1 aliphatic heterocycles. The Labute approximate surface area is 80.9 Å². The summed E-state index contributed by atoms with van der Waals surface area (Å²) in [5.41, 5.74) is 0. The van der Waals surface area contributed by atoms with Crippen LogP contribution in [0.3, 0.4) is 0 Å². The molecule has 1 saturated carbocycles. The summed E-state index contributed by atoms with van der Waals surface area (Å²) in [5, 5.41) is 9.14. The Morgan fingerprint density at radius 2 is 2.31 bits per heavy atom. The molecule has 2 nitrogen and oxygen atoms in total. The Morgan fingerprint density at radius 1 is 1.46 bits per heavy atom. The fourth-order valence-corrected chi connectivity index (χ4v) is 2.89. The molecule has 1 saturated heterocycles. The molecular weight excluding hydrogens is 162 g/mol. The molecule has 2 rings (SSSR count). The molecule has 0 aromatic heterocycles. The molecule has 0 aromatic carbocycles. The van der Waals surface area contributed by atoms with Gasteiger partial charge >= 0.3 is 0 Å². The number of piperidine rings is 1. The molecule has 0 spiro atoms. The maximum atomic E-state index is 9.14. The van der Waals surface area contributed by atoms with Crippen LogP contribution in [0.5, 0.6) is 0 Å². The summed E-state index contributed by atoms with van der Waals surface area (Å²) in [7, 11) is 0. The molecule has 2 bridgehead atoms. The third-order valence-corrected chi connectivity index (χ3v) is 3.59.